The molecule has 0 saturated carbocycles. The molecule has 2 aromatic rings. The van der Waals surface area contributed by atoms with Crippen molar-refractivity contribution in [3.63, 3.8) is 0 Å². The average Bonchev–Trinajstić information content (AvgIpc) is 3.49. The Morgan fingerprint density at radius 1 is 1.10 bits per heavy atom. The van der Waals surface area contributed by atoms with Crippen molar-refractivity contribution >= 4 is 34.3 Å². The molecule has 3 aliphatic rings. The van der Waals surface area contributed by atoms with Gasteiger partial charge in [0.05, 0.1) is 6.10 Å². The molecule has 1 aromatic heterocycles. The predicted octanol–water partition coefficient (Wildman–Crippen LogP) is 4.31. The highest BCUT2D eigenvalue weighted by atomic mass is 16.5. The van der Waals surface area contributed by atoms with Gasteiger partial charge in [-0.1, -0.05) is 48.9 Å². The Balaban J connectivity index is 1.64. The Hall–Kier alpha value is -4.04. The van der Waals surface area contributed by atoms with Gasteiger partial charge in [0.15, 0.2) is 11.9 Å². The Kier molecular flexibility index (Phi) is 7.94. The number of carbonyl (C=O) groups excluding carboxylic acids is 4. The molecule has 220 valence electrons. The first-order chi connectivity index (χ1) is 20.0. The number of nitrogens with one attached hydrogen (secondary N) is 2. The van der Waals surface area contributed by atoms with Crippen molar-refractivity contribution in [1.82, 2.24) is 10.3 Å². The van der Waals surface area contributed by atoms with Crippen LogP contribution in [-0.4, -0.2) is 51.8 Å². The number of rotatable bonds is 3. The predicted molar refractivity (Wildman–Crippen MR) is 159 cm³/mol. The van der Waals surface area contributed by atoms with E-state index < -0.39 is 58.9 Å². The van der Waals surface area contributed by atoms with Gasteiger partial charge in [-0.15, -0.1) is 0 Å². The number of hydrogen-bond donors (Lipinski definition) is 3. The third kappa shape index (κ3) is 4.87. The van der Waals surface area contributed by atoms with Gasteiger partial charge >= 0.3 is 5.97 Å². The summed E-state index contributed by atoms with van der Waals surface area (Å²) in [6, 6.07) is 7.50. The molecule has 3 N–H and O–H groups in total. The molecule has 1 fully saturated rings. The molecule has 1 spiro atoms. The smallest absolute Gasteiger partial charge is 0.303 e. The number of ether oxygens (including phenoxy) is 1. The number of aliphatic hydroxyl groups is 1. The van der Waals surface area contributed by atoms with Crippen molar-refractivity contribution in [3.05, 3.63) is 83.1 Å². The maximum Gasteiger partial charge on any atom is 0.303 e. The quantitative estimate of drug-likeness (QED) is 0.287. The van der Waals surface area contributed by atoms with Gasteiger partial charge in [-0.2, -0.15) is 0 Å². The molecule has 5 rings (SSSR count). The largest absolute Gasteiger partial charge is 0.450 e. The lowest BCUT2D eigenvalue weighted by Gasteiger charge is -2.45. The lowest BCUT2D eigenvalue weighted by molar-refractivity contribution is -0.149. The summed E-state index contributed by atoms with van der Waals surface area (Å²) in [7, 11) is 0. The second-order valence-electron chi connectivity index (χ2n) is 12.0. The van der Waals surface area contributed by atoms with E-state index in [1.807, 2.05) is 63.4 Å². The minimum Gasteiger partial charge on any atom is -0.450 e. The van der Waals surface area contributed by atoms with Crippen LogP contribution < -0.4 is 5.32 Å². The molecule has 1 saturated heterocycles. The summed E-state index contributed by atoms with van der Waals surface area (Å²) in [4.78, 5) is 56.9. The first-order valence-corrected chi connectivity index (χ1v) is 14.5. The Labute approximate surface area is 245 Å². The zero-order chi connectivity index (χ0) is 30.3. The van der Waals surface area contributed by atoms with Crippen molar-refractivity contribution in [2.75, 3.05) is 0 Å². The number of esters is 1. The molecule has 0 bridgehead atoms. The molecular weight excluding hydrogens is 532 g/mol. The summed E-state index contributed by atoms with van der Waals surface area (Å²) >= 11 is 0. The molecule has 7 atom stereocenters. The Bertz CT molecular complexity index is 1570. The average molecular weight is 571 g/mol. The molecule has 42 heavy (non-hydrogen) atoms. The van der Waals surface area contributed by atoms with E-state index in [9.17, 15) is 24.3 Å². The molecule has 1 aliphatic heterocycles. The Morgan fingerprint density at radius 3 is 2.57 bits per heavy atom. The highest BCUT2D eigenvalue weighted by molar-refractivity contribution is 6.16. The molecule has 8 heteroatoms. The number of ketones is 2. The molecule has 0 radical (unpaired) electrons. The van der Waals surface area contributed by atoms with Gasteiger partial charge in [-0.3, -0.25) is 19.2 Å². The molecule has 8 nitrogen and oxygen atoms in total. The minimum atomic E-state index is -1.66. The van der Waals surface area contributed by atoms with E-state index in [2.05, 4.69) is 10.3 Å². The maximum absolute atomic E-state index is 14.3. The van der Waals surface area contributed by atoms with Crippen LogP contribution in [-0.2, 0) is 30.3 Å². The van der Waals surface area contributed by atoms with Gasteiger partial charge < -0.3 is 20.1 Å². The topological polar surface area (TPSA) is 126 Å². The first kappa shape index (κ1) is 29.5. The molecular formula is C34H38N2O6. The highest BCUT2D eigenvalue weighted by Crippen LogP contribution is 2.55. The van der Waals surface area contributed by atoms with Crippen LogP contribution in [0.4, 0.5) is 0 Å². The second-order valence-corrected chi connectivity index (χ2v) is 12.0. The van der Waals surface area contributed by atoms with Gasteiger partial charge in [0.1, 0.15) is 5.41 Å². The van der Waals surface area contributed by atoms with Gasteiger partial charge in [-0.05, 0) is 74.5 Å². The van der Waals surface area contributed by atoms with Crippen LogP contribution in [0.2, 0.25) is 0 Å². The van der Waals surface area contributed by atoms with E-state index in [1.54, 1.807) is 13.0 Å². The van der Waals surface area contributed by atoms with E-state index >= 15 is 0 Å². The molecule has 2 aliphatic carbocycles. The standard InChI is InChI=1S/C34H38N2O6/c1-18-9-8-11-25-31(40)21(4)20(3)30-27(16-23-17-35-26-12-7-6-10-24(23)26)36-33(41)34(25,30)29(39)14-13-28(38)32(19(2)15-18)42-22(5)37/h6-8,10-15,17-18,25,27,30-32,35,40H,9,16H2,1-5H3,(H,36,41)/b11-8-,14-13-,19-15-/t18-,25-,27-,30-,31+,32+,34-/m0/s1. The second kappa shape index (κ2) is 11.3. The van der Waals surface area contributed by atoms with E-state index in [1.165, 1.54) is 6.92 Å². The summed E-state index contributed by atoms with van der Waals surface area (Å²) in [6.07, 6.45) is 8.52. The van der Waals surface area contributed by atoms with Crippen LogP contribution in [0.1, 0.15) is 46.6 Å². The summed E-state index contributed by atoms with van der Waals surface area (Å²) in [5, 5.41) is 15.7. The summed E-state index contributed by atoms with van der Waals surface area (Å²) in [5.41, 5.74) is 2.42. The van der Waals surface area contributed by atoms with Crippen LogP contribution in [0.3, 0.4) is 0 Å². The van der Waals surface area contributed by atoms with Crippen LogP contribution in [0.5, 0.6) is 0 Å². The number of para-hydroxylation sites is 1. The zero-order valence-electron chi connectivity index (χ0n) is 24.6. The lowest BCUT2D eigenvalue weighted by Crippen LogP contribution is -2.55. The van der Waals surface area contributed by atoms with Gasteiger partial charge in [0.25, 0.3) is 0 Å². The summed E-state index contributed by atoms with van der Waals surface area (Å²) in [6.45, 7) is 8.65. The third-order valence-corrected chi connectivity index (χ3v) is 9.26. The van der Waals surface area contributed by atoms with Crippen LogP contribution in [0, 0.1) is 23.2 Å². The van der Waals surface area contributed by atoms with Crippen molar-refractivity contribution < 1.29 is 29.0 Å². The van der Waals surface area contributed by atoms with Crippen molar-refractivity contribution in [3.8, 4) is 0 Å². The summed E-state index contributed by atoms with van der Waals surface area (Å²) in [5.74, 6) is -3.64. The normalized spacial score (nSPS) is 34.7. The number of fused-ring (bicyclic) bond motifs is 1. The van der Waals surface area contributed by atoms with Crippen molar-refractivity contribution in [1.29, 1.82) is 0 Å². The van der Waals surface area contributed by atoms with Crippen LogP contribution in [0.15, 0.2) is 77.6 Å². The van der Waals surface area contributed by atoms with Crippen LogP contribution in [0.25, 0.3) is 10.9 Å². The number of hydrogen-bond acceptors (Lipinski definition) is 6. The monoisotopic (exact) mass is 570 g/mol. The number of aromatic amines is 1. The summed E-state index contributed by atoms with van der Waals surface area (Å²) < 4.78 is 5.34. The number of benzene rings is 1. The minimum absolute atomic E-state index is 0.0366. The van der Waals surface area contributed by atoms with Gasteiger partial charge in [0.2, 0.25) is 11.7 Å². The lowest BCUT2D eigenvalue weighted by atomic mass is 9.55. The molecule has 2 heterocycles. The van der Waals surface area contributed by atoms with E-state index in [4.69, 9.17) is 4.74 Å². The van der Waals surface area contributed by atoms with E-state index in [0.29, 0.717) is 18.4 Å². The fourth-order valence-corrected chi connectivity index (χ4v) is 7.19. The SMILES string of the molecule is CC(=O)O[C@H]1C(=O)/C=C\C(=O)[C@]23C(=O)N[C@@H](Cc4c[nH]c5ccccc45)[C@@H]2C(C)=C(C)[C@@H](O)[C@@H]3/C=C\C[C@H](C)/C=C\1C. The fraction of sp³-hybridized carbons (Fsp3) is 0.412. The number of aliphatic hydroxyl groups excluding tert-OH is 1. The van der Waals surface area contributed by atoms with Crippen LogP contribution >= 0.6 is 0 Å². The van der Waals surface area contributed by atoms with Crippen molar-refractivity contribution in [2.45, 2.75) is 65.7 Å². The van der Waals surface area contributed by atoms with E-state index in [0.717, 1.165) is 39.8 Å². The Morgan fingerprint density at radius 2 is 1.83 bits per heavy atom. The van der Waals surface area contributed by atoms with Gasteiger partial charge in [-0.25, -0.2) is 0 Å². The first-order valence-electron chi connectivity index (χ1n) is 14.5. The van der Waals surface area contributed by atoms with Crippen molar-refractivity contribution in [2.24, 2.45) is 23.2 Å². The fourth-order valence-electron chi connectivity index (χ4n) is 7.19. The number of amides is 1. The molecule has 1 amide bonds. The maximum atomic E-state index is 14.3. The number of aromatic nitrogens is 1. The zero-order valence-corrected chi connectivity index (χ0v) is 24.6. The number of allylic oxidation sites excluding steroid dienone is 3. The van der Waals surface area contributed by atoms with Gasteiger partial charge in [0, 0.05) is 41.9 Å². The number of H-pyrrole nitrogens is 1. The molecule has 0 unspecified atom stereocenters. The van der Waals surface area contributed by atoms with E-state index in [-0.39, 0.29) is 5.92 Å². The molecule has 1 aromatic carbocycles. The highest BCUT2D eigenvalue weighted by Gasteiger charge is 2.66. The number of carbonyl (C=O) groups is 4. The third-order valence-electron chi connectivity index (χ3n) is 9.26.